The van der Waals surface area contributed by atoms with Gasteiger partial charge in [0.25, 0.3) is 5.91 Å². The van der Waals surface area contributed by atoms with E-state index in [0.717, 1.165) is 11.1 Å². The van der Waals surface area contributed by atoms with Gasteiger partial charge in [-0.15, -0.1) is 0 Å². The van der Waals surface area contributed by atoms with Crippen molar-refractivity contribution >= 4 is 11.9 Å². The van der Waals surface area contributed by atoms with Gasteiger partial charge in [0.05, 0.1) is 23.8 Å². The summed E-state index contributed by atoms with van der Waals surface area (Å²) < 4.78 is 15.3. The number of nitrogens with zero attached hydrogens (tertiary/aromatic N) is 3. The number of fused-ring (bicyclic) bond motifs is 1. The number of hydrogen-bond donors (Lipinski definition) is 2. The van der Waals surface area contributed by atoms with Crippen molar-refractivity contribution in [2.75, 3.05) is 13.2 Å². The molecule has 28 heavy (non-hydrogen) atoms. The number of aryl methyl sites for hydroxylation is 1. The Labute approximate surface area is 163 Å². The zero-order chi connectivity index (χ0) is 20.6. The molecular weight excluding hydrogens is 361 g/mol. The minimum Gasteiger partial charge on any atom is -0.365 e. The van der Waals surface area contributed by atoms with Crippen LogP contribution in [0.5, 0.6) is 0 Å². The second-order valence-corrected chi connectivity index (χ2v) is 8.22. The van der Waals surface area contributed by atoms with Gasteiger partial charge in [-0.25, -0.2) is 9.18 Å². The molecule has 3 rings (SSSR count). The standard InChI is InChI=1S/C20H26FN5O2/c1-12-6-5-7-13(8-12)17-16(18(22)27)15-11-25(19(28)23-20(2,3)4)10-14(9-21)26(15)24-17/h5-8,14H,9-11H2,1-4H3,(H2,22,27)(H,23,28). The highest BCUT2D eigenvalue weighted by atomic mass is 19.1. The summed E-state index contributed by atoms with van der Waals surface area (Å²) in [6.07, 6.45) is 0. The first-order chi connectivity index (χ1) is 13.1. The molecule has 1 atom stereocenters. The van der Waals surface area contributed by atoms with Crippen molar-refractivity contribution < 1.29 is 14.0 Å². The number of urea groups is 1. The minimum atomic E-state index is -0.709. The highest BCUT2D eigenvalue weighted by Gasteiger charge is 2.35. The largest absolute Gasteiger partial charge is 0.365 e. The van der Waals surface area contributed by atoms with Crippen LogP contribution in [0.25, 0.3) is 11.3 Å². The number of nitrogens with one attached hydrogen (secondary N) is 1. The number of amides is 3. The number of nitrogens with two attached hydrogens (primary N) is 1. The third-order valence-corrected chi connectivity index (χ3v) is 4.61. The van der Waals surface area contributed by atoms with Crippen molar-refractivity contribution in [1.82, 2.24) is 20.0 Å². The van der Waals surface area contributed by atoms with E-state index < -0.39 is 24.2 Å². The van der Waals surface area contributed by atoms with Gasteiger partial charge in [0.2, 0.25) is 0 Å². The lowest BCUT2D eigenvalue weighted by molar-refractivity contribution is 0.0994. The predicted octanol–water partition coefficient (Wildman–Crippen LogP) is 2.79. The lowest BCUT2D eigenvalue weighted by Crippen LogP contribution is -2.52. The van der Waals surface area contributed by atoms with Crippen molar-refractivity contribution in [1.29, 1.82) is 0 Å². The molecule has 1 aromatic heterocycles. The van der Waals surface area contributed by atoms with Gasteiger partial charge in [-0.3, -0.25) is 9.48 Å². The van der Waals surface area contributed by atoms with Crippen LogP contribution in [0.4, 0.5) is 9.18 Å². The molecule has 150 valence electrons. The van der Waals surface area contributed by atoms with Gasteiger partial charge < -0.3 is 16.0 Å². The Hall–Kier alpha value is -2.90. The van der Waals surface area contributed by atoms with Crippen molar-refractivity contribution in [3.05, 3.63) is 41.1 Å². The topological polar surface area (TPSA) is 93.2 Å². The van der Waals surface area contributed by atoms with E-state index in [9.17, 15) is 14.0 Å². The third-order valence-electron chi connectivity index (χ3n) is 4.61. The molecule has 3 N–H and O–H groups in total. The lowest BCUT2D eigenvalue weighted by atomic mass is 10.0. The molecule has 7 nitrogen and oxygen atoms in total. The molecule has 2 heterocycles. The van der Waals surface area contributed by atoms with Crippen LogP contribution in [0.3, 0.4) is 0 Å². The molecule has 1 aliphatic rings. The van der Waals surface area contributed by atoms with Crippen LogP contribution in [0.2, 0.25) is 0 Å². The van der Waals surface area contributed by atoms with Gasteiger partial charge in [-0.2, -0.15) is 5.10 Å². The smallest absolute Gasteiger partial charge is 0.318 e. The molecule has 0 fully saturated rings. The van der Waals surface area contributed by atoms with Crippen LogP contribution >= 0.6 is 0 Å². The number of aromatic nitrogens is 2. The minimum absolute atomic E-state index is 0.134. The maximum absolute atomic E-state index is 13.8. The summed E-state index contributed by atoms with van der Waals surface area (Å²) in [5.74, 6) is -0.645. The molecule has 0 saturated carbocycles. The van der Waals surface area contributed by atoms with Crippen molar-refractivity contribution in [2.24, 2.45) is 5.73 Å². The van der Waals surface area contributed by atoms with Gasteiger partial charge in [0.15, 0.2) is 0 Å². The summed E-state index contributed by atoms with van der Waals surface area (Å²) >= 11 is 0. The fraction of sp³-hybridized carbons (Fsp3) is 0.450. The molecule has 0 bridgehead atoms. The van der Waals surface area contributed by atoms with Crippen LogP contribution in [-0.2, 0) is 6.54 Å². The molecule has 1 aliphatic heterocycles. The maximum atomic E-state index is 13.8. The molecule has 2 aromatic rings. The lowest BCUT2D eigenvalue weighted by Gasteiger charge is -2.35. The van der Waals surface area contributed by atoms with Gasteiger partial charge in [-0.05, 0) is 33.8 Å². The van der Waals surface area contributed by atoms with E-state index in [1.807, 2.05) is 52.0 Å². The van der Waals surface area contributed by atoms with Crippen LogP contribution in [-0.4, -0.2) is 45.4 Å². The monoisotopic (exact) mass is 387 g/mol. The SMILES string of the molecule is Cc1cccc(-c2nn3c(c2C(N)=O)CN(C(=O)NC(C)(C)C)CC3CF)c1. The van der Waals surface area contributed by atoms with Gasteiger partial charge in [-0.1, -0.05) is 23.8 Å². The molecule has 1 aromatic carbocycles. The quantitative estimate of drug-likeness (QED) is 0.848. The van der Waals surface area contributed by atoms with Crippen LogP contribution in [0.1, 0.15) is 48.4 Å². The summed E-state index contributed by atoms with van der Waals surface area (Å²) in [7, 11) is 0. The number of primary amides is 1. The average Bonchev–Trinajstić information content (AvgIpc) is 2.99. The number of hydrogen-bond acceptors (Lipinski definition) is 3. The summed E-state index contributed by atoms with van der Waals surface area (Å²) in [5, 5.41) is 7.40. The Morgan fingerprint density at radius 1 is 1.36 bits per heavy atom. The summed E-state index contributed by atoms with van der Waals surface area (Å²) in [5.41, 5.74) is 8.09. The number of alkyl halides is 1. The average molecular weight is 387 g/mol. The van der Waals surface area contributed by atoms with Crippen LogP contribution in [0.15, 0.2) is 24.3 Å². The van der Waals surface area contributed by atoms with E-state index in [-0.39, 0.29) is 24.7 Å². The number of rotatable bonds is 3. The third kappa shape index (κ3) is 3.85. The number of benzene rings is 1. The van der Waals surface area contributed by atoms with Gasteiger partial charge in [0, 0.05) is 17.6 Å². The van der Waals surface area contributed by atoms with E-state index in [2.05, 4.69) is 10.4 Å². The summed E-state index contributed by atoms with van der Waals surface area (Å²) in [6.45, 7) is 7.14. The molecule has 8 heteroatoms. The predicted molar refractivity (Wildman–Crippen MR) is 105 cm³/mol. The number of carbonyl (C=O) groups excluding carboxylic acids is 2. The van der Waals surface area contributed by atoms with E-state index >= 15 is 0 Å². The van der Waals surface area contributed by atoms with Crippen LogP contribution in [0, 0.1) is 6.92 Å². The number of carbonyl (C=O) groups is 2. The second kappa shape index (κ2) is 7.26. The second-order valence-electron chi connectivity index (χ2n) is 8.22. The molecule has 3 amide bonds. The first-order valence-corrected chi connectivity index (χ1v) is 9.22. The van der Waals surface area contributed by atoms with E-state index in [0.29, 0.717) is 11.4 Å². The molecule has 0 aliphatic carbocycles. The Balaban J connectivity index is 2.07. The number of halogens is 1. The summed E-state index contributed by atoms with van der Waals surface area (Å²) in [6, 6.07) is 6.55. The maximum Gasteiger partial charge on any atom is 0.318 e. The molecule has 0 spiro atoms. The van der Waals surface area contributed by atoms with Gasteiger partial charge in [0.1, 0.15) is 12.4 Å². The zero-order valence-electron chi connectivity index (χ0n) is 16.6. The Bertz CT molecular complexity index is 916. The zero-order valence-corrected chi connectivity index (χ0v) is 16.6. The Kier molecular flexibility index (Phi) is 5.14. The van der Waals surface area contributed by atoms with Crippen molar-refractivity contribution in [3.63, 3.8) is 0 Å². The highest BCUT2D eigenvalue weighted by Crippen LogP contribution is 2.32. The molecule has 1 unspecified atom stereocenters. The highest BCUT2D eigenvalue weighted by molar-refractivity contribution is 6.00. The normalized spacial score (nSPS) is 16.6. The van der Waals surface area contributed by atoms with E-state index in [4.69, 9.17) is 5.73 Å². The van der Waals surface area contributed by atoms with Crippen molar-refractivity contribution in [3.8, 4) is 11.3 Å². The summed E-state index contributed by atoms with van der Waals surface area (Å²) in [4.78, 5) is 26.4. The molecular formula is C20H26FN5O2. The van der Waals surface area contributed by atoms with Gasteiger partial charge >= 0.3 is 6.03 Å². The molecule has 0 radical (unpaired) electrons. The van der Waals surface area contributed by atoms with Crippen molar-refractivity contribution in [2.45, 2.75) is 45.8 Å². The molecule has 0 saturated heterocycles. The van der Waals surface area contributed by atoms with Crippen LogP contribution < -0.4 is 11.1 Å². The fourth-order valence-corrected chi connectivity index (χ4v) is 3.42. The first-order valence-electron chi connectivity index (χ1n) is 9.22. The fourth-order valence-electron chi connectivity index (χ4n) is 3.42. The van der Waals surface area contributed by atoms with E-state index in [1.165, 1.54) is 9.58 Å². The Morgan fingerprint density at radius 2 is 2.07 bits per heavy atom. The first kappa shape index (κ1) is 19.9. The van der Waals surface area contributed by atoms with E-state index in [1.54, 1.807) is 0 Å². The Morgan fingerprint density at radius 3 is 2.64 bits per heavy atom.